The first-order chi connectivity index (χ1) is 12.6. The number of nitrogens with zero attached hydrogens (tertiary/aromatic N) is 1. The smallest absolute Gasteiger partial charge is 0.273 e. The second-order valence-corrected chi connectivity index (χ2v) is 6.73. The molecule has 0 aliphatic heterocycles. The van der Waals surface area contributed by atoms with E-state index in [0.717, 1.165) is 29.5 Å². The molecular formula is C20H19N3O3. The molecule has 6 heteroatoms. The third-order valence-corrected chi connectivity index (χ3v) is 5.10. The molecule has 26 heavy (non-hydrogen) atoms. The van der Waals surface area contributed by atoms with Crippen LogP contribution >= 0.6 is 0 Å². The highest BCUT2D eigenvalue weighted by Crippen LogP contribution is 2.41. The summed E-state index contributed by atoms with van der Waals surface area (Å²) in [5, 5.41) is 6.21. The van der Waals surface area contributed by atoms with Gasteiger partial charge in [-0.3, -0.25) is 19.5 Å². The normalized spacial score (nSPS) is 15.4. The first-order valence-electron chi connectivity index (χ1n) is 8.67. The molecule has 1 saturated carbocycles. The average Bonchev–Trinajstić information content (AvgIpc) is 2.63. The number of hydrogen-bond acceptors (Lipinski definition) is 3. The molecule has 0 saturated heterocycles. The number of nitrogens with one attached hydrogen (secondary N) is 2. The third-order valence-electron chi connectivity index (χ3n) is 5.10. The molecule has 3 aromatic rings. The summed E-state index contributed by atoms with van der Waals surface area (Å²) >= 11 is 0. The highest BCUT2D eigenvalue weighted by atomic mass is 16.2. The number of carbonyl (C=O) groups excluding carboxylic acids is 1. The van der Waals surface area contributed by atoms with Crippen molar-refractivity contribution in [1.82, 2.24) is 15.1 Å². The minimum atomic E-state index is -0.380. The van der Waals surface area contributed by atoms with Crippen molar-refractivity contribution in [3.8, 4) is 0 Å². The number of aromatic amines is 1. The zero-order chi connectivity index (χ0) is 18.1. The van der Waals surface area contributed by atoms with Crippen LogP contribution in [0.15, 0.2) is 64.2 Å². The van der Waals surface area contributed by atoms with Crippen molar-refractivity contribution in [2.24, 2.45) is 0 Å². The van der Waals surface area contributed by atoms with E-state index in [-0.39, 0.29) is 29.1 Å². The Labute approximate surface area is 149 Å². The highest BCUT2D eigenvalue weighted by molar-refractivity contribution is 5.81. The third kappa shape index (κ3) is 2.73. The van der Waals surface area contributed by atoms with Crippen molar-refractivity contribution in [1.29, 1.82) is 0 Å². The van der Waals surface area contributed by atoms with Crippen LogP contribution in [0.5, 0.6) is 0 Å². The number of benzene rings is 2. The Balaban J connectivity index is 1.61. The highest BCUT2D eigenvalue weighted by Gasteiger charge is 2.39. The quantitative estimate of drug-likeness (QED) is 0.754. The maximum Gasteiger partial charge on any atom is 0.273 e. The van der Waals surface area contributed by atoms with E-state index in [1.807, 2.05) is 30.3 Å². The molecule has 2 N–H and O–H groups in total. The average molecular weight is 349 g/mol. The molecule has 0 radical (unpaired) electrons. The Kier molecular flexibility index (Phi) is 3.95. The van der Waals surface area contributed by atoms with E-state index >= 15 is 0 Å². The van der Waals surface area contributed by atoms with Crippen LogP contribution in [-0.2, 0) is 16.9 Å². The molecular weight excluding hydrogens is 330 g/mol. The maximum atomic E-state index is 12.6. The second-order valence-electron chi connectivity index (χ2n) is 6.73. The van der Waals surface area contributed by atoms with Gasteiger partial charge in [-0.1, -0.05) is 42.5 Å². The summed E-state index contributed by atoms with van der Waals surface area (Å²) in [6, 6.07) is 16.4. The van der Waals surface area contributed by atoms with E-state index in [2.05, 4.69) is 10.4 Å². The van der Waals surface area contributed by atoms with Crippen LogP contribution in [0.4, 0.5) is 0 Å². The van der Waals surface area contributed by atoms with Crippen LogP contribution in [0, 0.1) is 0 Å². The number of amides is 1. The van der Waals surface area contributed by atoms with Crippen LogP contribution in [-0.4, -0.2) is 15.7 Å². The molecule has 0 spiro atoms. The molecule has 1 fully saturated rings. The Hall–Kier alpha value is -3.15. The molecule has 1 aromatic heterocycles. The number of carbonyl (C=O) groups is 1. The molecule has 0 atom stereocenters. The van der Waals surface area contributed by atoms with E-state index < -0.39 is 0 Å². The van der Waals surface area contributed by atoms with Crippen LogP contribution in [0.2, 0.25) is 0 Å². The summed E-state index contributed by atoms with van der Waals surface area (Å²) in [7, 11) is 0. The zero-order valence-corrected chi connectivity index (χ0v) is 14.2. The second kappa shape index (κ2) is 6.29. The van der Waals surface area contributed by atoms with Crippen molar-refractivity contribution in [2.75, 3.05) is 0 Å². The Morgan fingerprint density at radius 2 is 1.65 bits per heavy atom. The van der Waals surface area contributed by atoms with Gasteiger partial charge in [-0.2, -0.15) is 0 Å². The Morgan fingerprint density at radius 3 is 2.31 bits per heavy atom. The zero-order valence-electron chi connectivity index (χ0n) is 14.2. The van der Waals surface area contributed by atoms with Gasteiger partial charge in [0.2, 0.25) is 5.91 Å². The predicted octanol–water partition coefficient (Wildman–Crippen LogP) is 1.89. The van der Waals surface area contributed by atoms with Gasteiger partial charge in [0.25, 0.3) is 11.1 Å². The molecule has 1 aliphatic rings. The van der Waals surface area contributed by atoms with E-state index in [9.17, 15) is 14.4 Å². The van der Waals surface area contributed by atoms with Gasteiger partial charge >= 0.3 is 0 Å². The Bertz CT molecular complexity index is 1080. The van der Waals surface area contributed by atoms with Crippen molar-refractivity contribution < 1.29 is 4.79 Å². The lowest BCUT2D eigenvalue weighted by molar-refractivity contribution is -0.125. The molecule has 0 unspecified atom stereocenters. The molecule has 1 heterocycles. The van der Waals surface area contributed by atoms with Gasteiger partial charge in [-0.05, 0) is 37.0 Å². The molecule has 6 nitrogen and oxygen atoms in total. The van der Waals surface area contributed by atoms with Crippen LogP contribution in [0.3, 0.4) is 0 Å². The van der Waals surface area contributed by atoms with Crippen molar-refractivity contribution in [2.45, 2.75) is 31.3 Å². The van der Waals surface area contributed by atoms with E-state index in [1.165, 1.54) is 0 Å². The van der Waals surface area contributed by atoms with Gasteiger partial charge < -0.3 is 5.32 Å². The fourth-order valence-electron chi connectivity index (χ4n) is 3.58. The molecule has 132 valence electrons. The van der Waals surface area contributed by atoms with Crippen LogP contribution in [0.25, 0.3) is 10.8 Å². The van der Waals surface area contributed by atoms with Gasteiger partial charge in [0, 0.05) is 0 Å². The summed E-state index contributed by atoms with van der Waals surface area (Å²) in [6.45, 7) is -0.215. The lowest BCUT2D eigenvalue weighted by Gasteiger charge is -2.43. The molecule has 4 rings (SSSR count). The number of fused-ring (bicyclic) bond motifs is 1. The molecule has 0 bridgehead atoms. The number of aromatic nitrogens is 2. The molecule has 1 aliphatic carbocycles. The lowest BCUT2D eigenvalue weighted by atomic mass is 9.72. The molecule has 1 amide bonds. The number of hydrogen-bond donors (Lipinski definition) is 2. The lowest BCUT2D eigenvalue weighted by Crippen LogP contribution is -2.52. The van der Waals surface area contributed by atoms with Crippen molar-refractivity contribution >= 4 is 16.7 Å². The summed E-state index contributed by atoms with van der Waals surface area (Å²) in [5.41, 5.74) is -0.0647. The fraction of sp³-hybridized carbons (Fsp3) is 0.250. The van der Waals surface area contributed by atoms with Crippen LogP contribution in [0.1, 0.15) is 24.8 Å². The van der Waals surface area contributed by atoms with Crippen LogP contribution < -0.4 is 16.4 Å². The van der Waals surface area contributed by atoms with Gasteiger partial charge in [-0.15, -0.1) is 0 Å². The van der Waals surface area contributed by atoms with Gasteiger partial charge in [0.15, 0.2) is 0 Å². The summed E-state index contributed by atoms with van der Waals surface area (Å²) in [5.74, 6) is -0.290. The topological polar surface area (TPSA) is 84.0 Å². The van der Waals surface area contributed by atoms with E-state index in [1.54, 1.807) is 24.3 Å². The fourth-order valence-corrected chi connectivity index (χ4v) is 3.58. The summed E-state index contributed by atoms with van der Waals surface area (Å²) < 4.78 is 1.08. The first-order valence-corrected chi connectivity index (χ1v) is 8.67. The molecule has 2 aromatic carbocycles. The minimum Gasteiger partial charge on any atom is -0.345 e. The van der Waals surface area contributed by atoms with Gasteiger partial charge in [-0.25, -0.2) is 4.68 Å². The first kappa shape index (κ1) is 16.3. The van der Waals surface area contributed by atoms with Gasteiger partial charge in [0.1, 0.15) is 6.54 Å². The SMILES string of the molecule is O=C(Cn1[nH]c(=O)c2ccccc2c1=O)NC1(c2ccccc2)CCC1. The van der Waals surface area contributed by atoms with Gasteiger partial charge in [0.05, 0.1) is 16.3 Å². The summed E-state index contributed by atoms with van der Waals surface area (Å²) in [6.07, 6.45) is 2.78. The monoisotopic (exact) mass is 349 g/mol. The summed E-state index contributed by atoms with van der Waals surface area (Å²) in [4.78, 5) is 37.3. The number of rotatable bonds is 4. The largest absolute Gasteiger partial charge is 0.345 e. The van der Waals surface area contributed by atoms with E-state index in [0.29, 0.717) is 10.8 Å². The van der Waals surface area contributed by atoms with Crippen molar-refractivity contribution in [3.63, 3.8) is 0 Å². The number of H-pyrrole nitrogens is 1. The predicted molar refractivity (Wildman–Crippen MR) is 98.9 cm³/mol. The van der Waals surface area contributed by atoms with E-state index in [4.69, 9.17) is 0 Å². The maximum absolute atomic E-state index is 12.6. The minimum absolute atomic E-state index is 0.215. The van der Waals surface area contributed by atoms with Crippen molar-refractivity contribution in [3.05, 3.63) is 80.9 Å². The Morgan fingerprint density at radius 1 is 1.00 bits per heavy atom. The standard InChI is InChI=1S/C20H19N3O3/c24-17(21-20(11-6-12-20)14-7-2-1-3-8-14)13-23-19(26)16-10-5-4-9-15(16)18(25)22-23/h1-5,7-10H,6,11-13H2,(H,21,24)(H,22,25).